The lowest BCUT2D eigenvalue weighted by molar-refractivity contribution is -0.120. The van der Waals surface area contributed by atoms with E-state index in [1.807, 2.05) is 48.6 Å². The van der Waals surface area contributed by atoms with Crippen LogP contribution in [-0.2, 0) is 11.2 Å². The van der Waals surface area contributed by atoms with Crippen molar-refractivity contribution in [2.75, 3.05) is 0 Å². The summed E-state index contributed by atoms with van der Waals surface area (Å²) in [6.45, 7) is 0. The van der Waals surface area contributed by atoms with Gasteiger partial charge in [-0.1, -0.05) is 42.5 Å². The lowest BCUT2D eigenvalue weighted by Crippen LogP contribution is -2.24. The normalized spacial score (nSPS) is 12.8. The van der Waals surface area contributed by atoms with E-state index < -0.39 is 5.91 Å². The van der Waals surface area contributed by atoms with Crippen molar-refractivity contribution in [3.8, 4) is 0 Å². The molecule has 5 nitrogen and oxygen atoms in total. The molecule has 0 atom stereocenters. The minimum Gasteiger partial charge on any atom is -0.326 e. The van der Waals surface area contributed by atoms with Crippen molar-refractivity contribution in [3.05, 3.63) is 68.4 Å². The Balaban J connectivity index is 1.68. The number of hydrogen-bond donors (Lipinski definition) is 3. The molecule has 0 bridgehead atoms. The van der Waals surface area contributed by atoms with Crippen molar-refractivity contribution in [1.29, 1.82) is 0 Å². The van der Waals surface area contributed by atoms with Gasteiger partial charge in [-0.2, -0.15) is 0 Å². The predicted molar refractivity (Wildman–Crippen MR) is 97.4 cm³/mol. The zero-order valence-corrected chi connectivity index (χ0v) is 14.3. The Morgan fingerprint density at radius 2 is 1.96 bits per heavy atom. The van der Waals surface area contributed by atoms with Crippen LogP contribution < -0.4 is 20.5 Å². The molecule has 0 saturated carbocycles. The van der Waals surface area contributed by atoms with E-state index in [0.29, 0.717) is 24.1 Å². The van der Waals surface area contributed by atoms with Crippen LogP contribution >= 0.6 is 11.3 Å². The number of hydrogen-bond acceptors (Lipinski definition) is 4. The number of thiophene rings is 1. The molecule has 2 amide bonds. The number of nitrogens with one attached hydrogen (secondary N) is 2. The fourth-order valence-electron chi connectivity index (χ4n) is 2.59. The van der Waals surface area contributed by atoms with Crippen LogP contribution in [0.4, 0.5) is 0 Å². The average molecular weight is 354 g/mol. The Morgan fingerprint density at radius 3 is 2.72 bits per heavy atom. The zero-order chi connectivity index (χ0) is 17.6. The first-order chi connectivity index (χ1) is 12.2. The third kappa shape index (κ3) is 4.43. The Kier molecular flexibility index (Phi) is 5.42. The molecule has 0 fully saturated rings. The van der Waals surface area contributed by atoms with Gasteiger partial charge in [0, 0.05) is 16.7 Å². The summed E-state index contributed by atoms with van der Waals surface area (Å²) in [5.41, 5.74) is 3.49. The standard InChI is InChI=1S/C19H18N2O3S/c22-18(10-9-13-5-2-1-3-6-13)20-15-7-4-8-16-14(11-15)12-17(25-16)19(23)21-24/h1-3,5-8,11-12,24H,4,9-10H2,(H,20,22)(H,21,23). The molecule has 1 aromatic heterocycles. The van der Waals surface area contributed by atoms with Gasteiger partial charge in [0.15, 0.2) is 0 Å². The number of amides is 2. The van der Waals surface area contributed by atoms with E-state index in [9.17, 15) is 9.59 Å². The van der Waals surface area contributed by atoms with E-state index in [1.165, 1.54) is 11.3 Å². The molecule has 25 heavy (non-hydrogen) atoms. The molecule has 1 aliphatic carbocycles. The van der Waals surface area contributed by atoms with Crippen LogP contribution in [0.3, 0.4) is 0 Å². The minimum atomic E-state index is -0.530. The fourth-order valence-corrected chi connectivity index (χ4v) is 3.57. The number of rotatable bonds is 5. The molecule has 0 saturated heterocycles. The summed E-state index contributed by atoms with van der Waals surface area (Å²) in [6.07, 6.45) is 7.55. The second-order valence-electron chi connectivity index (χ2n) is 5.65. The van der Waals surface area contributed by atoms with Gasteiger partial charge in [0.25, 0.3) is 5.91 Å². The first kappa shape index (κ1) is 17.1. The molecule has 0 spiro atoms. The summed E-state index contributed by atoms with van der Waals surface area (Å²) in [4.78, 5) is 24.2. The van der Waals surface area contributed by atoms with Gasteiger partial charge in [-0.25, -0.2) is 5.48 Å². The third-order valence-corrected chi connectivity index (χ3v) is 4.98. The van der Waals surface area contributed by atoms with E-state index in [-0.39, 0.29) is 5.91 Å². The zero-order valence-electron chi connectivity index (χ0n) is 13.5. The largest absolute Gasteiger partial charge is 0.326 e. The maximum Gasteiger partial charge on any atom is 0.284 e. The van der Waals surface area contributed by atoms with Crippen molar-refractivity contribution in [3.63, 3.8) is 0 Å². The maximum absolute atomic E-state index is 12.2. The molecule has 2 aromatic rings. The molecule has 0 aliphatic heterocycles. The molecule has 1 heterocycles. The molecule has 1 aliphatic rings. The number of aryl methyl sites for hydroxylation is 1. The summed E-state index contributed by atoms with van der Waals surface area (Å²) in [7, 11) is 0. The molecular weight excluding hydrogens is 336 g/mol. The van der Waals surface area contributed by atoms with Crippen LogP contribution in [0.15, 0.2) is 48.2 Å². The highest BCUT2D eigenvalue weighted by molar-refractivity contribution is 7.12. The maximum atomic E-state index is 12.2. The van der Waals surface area contributed by atoms with Crippen molar-refractivity contribution in [2.24, 2.45) is 0 Å². The Bertz CT molecular complexity index is 929. The molecule has 128 valence electrons. The fraction of sp³-hybridized carbons (Fsp3) is 0.158. The number of carbonyl (C=O) groups excluding carboxylic acids is 2. The van der Waals surface area contributed by atoms with E-state index in [2.05, 4.69) is 5.32 Å². The Hall–Kier alpha value is -2.70. The highest BCUT2D eigenvalue weighted by atomic mass is 32.1. The van der Waals surface area contributed by atoms with Crippen molar-refractivity contribution < 1.29 is 14.8 Å². The number of fused-ring (bicyclic) bond motifs is 1. The smallest absolute Gasteiger partial charge is 0.284 e. The Morgan fingerprint density at radius 1 is 1.16 bits per heavy atom. The Labute approximate surface area is 149 Å². The van der Waals surface area contributed by atoms with Crippen molar-refractivity contribution >= 4 is 35.3 Å². The molecule has 0 radical (unpaired) electrons. The van der Waals surface area contributed by atoms with Gasteiger partial charge in [-0.05, 0) is 35.8 Å². The second-order valence-corrected chi connectivity index (χ2v) is 6.73. The van der Waals surface area contributed by atoms with E-state index in [4.69, 9.17) is 5.21 Å². The van der Waals surface area contributed by atoms with Gasteiger partial charge in [-0.15, -0.1) is 11.3 Å². The summed E-state index contributed by atoms with van der Waals surface area (Å²) >= 11 is 1.30. The molecular formula is C19H18N2O3S. The van der Waals surface area contributed by atoms with Gasteiger partial charge in [0.2, 0.25) is 5.91 Å². The summed E-state index contributed by atoms with van der Waals surface area (Å²) < 4.78 is 0.948. The van der Waals surface area contributed by atoms with Crippen LogP contribution in [0.2, 0.25) is 0 Å². The first-order valence-electron chi connectivity index (χ1n) is 7.96. The highest BCUT2D eigenvalue weighted by Gasteiger charge is 2.10. The summed E-state index contributed by atoms with van der Waals surface area (Å²) in [5.74, 6) is -0.573. The SMILES string of the molecule is O=C(CCc1ccccc1)NC1=CCC=c2sc(C(=O)NO)cc2=C1. The van der Waals surface area contributed by atoms with Gasteiger partial charge in [0.1, 0.15) is 0 Å². The summed E-state index contributed by atoms with van der Waals surface area (Å²) in [6, 6.07) is 11.6. The van der Waals surface area contributed by atoms with Gasteiger partial charge >= 0.3 is 0 Å². The lowest BCUT2D eigenvalue weighted by Gasteiger charge is -2.06. The van der Waals surface area contributed by atoms with Gasteiger partial charge < -0.3 is 5.32 Å². The second kappa shape index (κ2) is 7.92. The van der Waals surface area contributed by atoms with E-state index in [0.717, 1.165) is 21.0 Å². The van der Waals surface area contributed by atoms with E-state index >= 15 is 0 Å². The quantitative estimate of drug-likeness (QED) is 0.562. The van der Waals surface area contributed by atoms with Crippen LogP contribution in [0.5, 0.6) is 0 Å². The van der Waals surface area contributed by atoms with Crippen LogP contribution in [0, 0.1) is 0 Å². The van der Waals surface area contributed by atoms with Crippen LogP contribution in [-0.4, -0.2) is 17.0 Å². The van der Waals surface area contributed by atoms with Gasteiger partial charge in [-0.3, -0.25) is 14.8 Å². The van der Waals surface area contributed by atoms with Gasteiger partial charge in [0.05, 0.1) is 4.88 Å². The molecule has 3 N–H and O–H groups in total. The molecule has 1 aromatic carbocycles. The topological polar surface area (TPSA) is 78.4 Å². The van der Waals surface area contributed by atoms with E-state index in [1.54, 1.807) is 11.5 Å². The first-order valence-corrected chi connectivity index (χ1v) is 8.77. The highest BCUT2D eigenvalue weighted by Crippen LogP contribution is 2.06. The van der Waals surface area contributed by atoms with Crippen molar-refractivity contribution in [2.45, 2.75) is 19.3 Å². The molecule has 0 unspecified atom stereocenters. The average Bonchev–Trinajstić information content (AvgIpc) is 2.93. The third-order valence-electron chi connectivity index (χ3n) is 3.84. The van der Waals surface area contributed by atoms with Crippen molar-refractivity contribution in [1.82, 2.24) is 10.8 Å². The molecule has 6 heteroatoms. The monoisotopic (exact) mass is 354 g/mol. The molecule has 3 rings (SSSR count). The van der Waals surface area contributed by atoms with Crippen LogP contribution in [0.25, 0.3) is 12.2 Å². The van der Waals surface area contributed by atoms with Crippen LogP contribution in [0.1, 0.15) is 28.1 Å². The predicted octanol–water partition coefficient (Wildman–Crippen LogP) is 1.46. The lowest BCUT2D eigenvalue weighted by atomic mass is 10.1. The summed E-state index contributed by atoms with van der Waals surface area (Å²) in [5, 5.41) is 12.5. The number of benzene rings is 1. The number of hydroxylamine groups is 1. The number of carbonyl (C=O) groups is 2. The number of allylic oxidation sites excluding steroid dienone is 2. The minimum absolute atomic E-state index is 0.0432.